The van der Waals surface area contributed by atoms with Crippen molar-refractivity contribution in [2.75, 3.05) is 38.1 Å². The Morgan fingerprint density at radius 2 is 1.78 bits per heavy atom. The zero-order chi connectivity index (χ0) is 25.8. The number of imidazole rings is 1. The van der Waals surface area contributed by atoms with Crippen molar-refractivity contribution < 1.29 is 10.0 Å². The van der Waals surface area contributed by atoms with Crippen LogP contribution in [0.5, 0.6) is 0 Å². The maximum Gasteiger partial charge on any atom is 0.267 e. The second-order valence-corrected chi connectivity index (χ2v) is 9.33. The monoisotopic (exact) mass is 511 g/mol. The Morgan fingerprint density at radius 3 is 2.51 bits per heavy atom. The lowest BCUT2D eigenvalue weighted by atomic mass is 10.1. The zero-order valence-corrected chi connectivity index (χ0v) is 21.1. The van der Waals surface area contributed by atoms with Gasteiger partial charge in [0.15, 0.2) is 0 Å². The van der Waals surface area contributed by atoms with E-state index >= 15 is 0 Å². The molecule has 1 aliphatic heterocycles. The number of amides is 1. The van der Waals surface area contributed by atoms with Gasteiger partial charge in [-0.3, -0.25) is 10.0 Å². The minimum Gasteiger partial charge on any atom is -0.368 e. The van der Waals surface area contributed by atoms with Crippen LogP contribution in [0.1, 0.15) is 16.7 Å². The van der Waals surface area contributed by atoms with E-state index in [-0.39, 0.29) is 0 Å². The summed E-state index contributed by atoms with van der Waals surface area (Å²) in [5.41, 5.74) is 7.90. The first-order valence-corrected chi connectivity index (χ1v) is 12.3. The predicted octanol–water partition coefficient (Wildman–Crippen LogP) is 4.55. The van der Waals surface area contributed by atoms with Gasteiger partial charge in [-0.1, -0.05) is 59.8 Å². The number of H-pyrrole nitrogens is 1. The average Bonchev–Trinajstić information content (AvgIpc) is 3.34. The van der Waals surface area contributed by atoms with Crippen LogP contribution in [0, 0.1) is 11.8 Å². The molecule has 1 saturated heterocycles. The SMILES string of the molecule is CN1CCN(c2cc3nc(-c4ccc(/C=C/C(=O)NO)cc4)[nH]c3cc2C#Cc2ccccc2Cl)CC1. The Bertz CT molecular complexity index is 1520. The standard InChI is InChI=1S/C29H26ClN5O2/c1-34-14-16-35(17-15-34)27-19-26-25(18-23(27)12-11-21-4-2-3-5-24(21)30)31-29(32-26)22-9-6-20(7-10-22)8-13-28(36)33-37/h2-10,13,18-19,37H,14-17H2,1H3,(H,31,32)(H,33,36)/b13-8+. The van der Waals surface area contributed by atoms with Gasteiger partial charge in [0.05, 0.1) is 27.3 Å². The van der Waals surface area contributed by atoms with Gasteiger partial charge in [-0.05, 0) is 43.0 Å². The van der Waals surface area contributed by atoms with Gasteiger partial charge in [0.25, 0.3) is 5.91 Å². The number of halogens is 1. The molecule has 0 atom stereocenters. The van der Waals surface area contributed by atoms with Gasteiger partial charge in [-0.15, -0.1) is 0 Å². The van der Waals surface area contributed by atoms with Crippen molar-refractivity contribution in [2.45, 2.75) is 0 Å². The van der Waals surface area contributed by atoms with Crippen molar-refractivity contribution in [3.8, 4) is 23.2 Å². The van der Waals surface area contributed by atoms with E-state index < -0.39 is 5.91 Å². The number of hydroxylamine groups is 1. The number of carbonyl (C=O) groups is 1. The first kappa shape index (κ1) is 24.6. The molecule has 0 unspecified atom stereocenters. The normalized spacial score (nSPS) is 14.1. The van der Waals surface area contributed by atoms with Crippen molar-refractivity contribution >= 4 is 40.3 Å². The molecule has 5 rings (SSSR count). The molecule has 0 bridgehead atoms. The first-order valence-electron chi connectivity index (χ1n) is 12.0. The molecule has 0 spiro atoms. The van der Waals surface area contributed by atoms with Crippen LogP contribution in [0.25, 0.3) is 28.5 Å². The second-order valence-electron chi connectivity index (χ2n) is 8.92. The first-order chi connectivity index (χ1) is 18.0. The van der Waals surface area contributed by atoms with Crippen molar-refractivity contribution in [2.24, 2.45) is 0 Å². The third-order valence-electron chi connectivity index (χ3n) is 6.37. The molecule has 4 aromatic rings. The molecule has 1 fully saturated rings. The van der Waals surface area contributed by atoms with Crippen LogP contribution in [-0.2, 0) is 4.79 Å². The Kier molecular flexibility index (Phi) is 7.24. The summed E-state index contributed by atoms with van der Waals surface area (Å²) in [7, 11) is 2.14. The highest BCUT2D eigenvalue weighted by Gasteiger charge is 2.19. The number of hydrogen-bond acceptors (Lipinski definition) is 5. The molecular formula is C29H26ClN5O2. The Morgan fingerprint density at radius 1 is 1.05 bits per heavy atom. The highest BCUT2D eigenvalue weighted by Crippen LogP contribution is 2.29. The van der Waals surface area contributed by atoms with Crippen molar-refractivity contribution in [1.82, 2.24) is 20.3 Å². The number of carbonyl (C=O) groups excluding carboxylic acids is 1. The summed E-state index contributed by atoms with van der Waals surface area (Å²) in [6, 6.07) is 19.4. The largest absolute Gasteiger partial charge is 0.368 e. The van der Waals surface area contributed by atoms with Crippen LogP contribution in [0.15, 0.2) is 66.7 Å². The topological polar surface area (TPSA) is 84.5 Å². The van der Waals surface area contributed by atoms with Crippen LogP contribution < -0.4 is 10.4 Å². The van der Waals surface area contributed by atoms with Gasteiger partial charge in [0, 0.05) is 43.4 Å². The number of fused-ring (bicyclic) bond motifs is 1. The lowest BCUT2D eigenvalue weighted by Crippen LogP contribution is -2.44. The zero-order valence-electron chi connectivity index (χ0n) is 20.3. The molecule has 3 aromatic carbocycles. The van der Waals surface area contributed by atoms with Crippen molar-refractivity contribution in [3.05, 3.63) is 88.5 Å². The molecule has 0 saturated carbocycles. The van der Waals surface area contributed by atoms with E-state index in [1.165, 1.54) is 6.08 Å². The molecule has 3 N–H and O–H groups in total. The van der Waals surface area contributed by atoms with Gasteiger partial charge >= 0.3 is 0 Å². The van der Waals surface area contributed by atoms with Gasteiger partial charge in [-0.2, -0.15) is 0 Å². The summed E-state index contributed by atoms with van der Waals surface area (Å²) in [4.78, 5) is 24.2. The quantitative estimate of drug-likeness (QED) is 0.162. The highest BCUT2D eigenvalue weighted by molar-refractivity contribution is 6.31. The number of rotatable bonds is 4. The lowest BCUT2D eigenvalue weighted by Gasteiger charge is -2.34. The number of aromatic nitrogens is 2. The van der Waals surface area contributed by atoms with Crippen LogP contribution in [0.2, 0.25) is 5.02 Å². The number of likely N-dealkylation sites (N-methyl/N-ethyl adjacent to an activating group) is 1. The van der Waals surface area contributed by atoms with Gasteiger partial charge in [0.1, 0.15) is 5.82 Å². The third-order valence-corrected chi connectivity index (χ3v) is 6.70. The fourth-order valence-electron chi connectivity index (χ4n) is 4.25. The number of hydrogen-bond donors (Lipinski definition) is 3. The van der Waals surface area contributed by atoms with E-state index in [1.54, 1.807) is 11.6 Å². The van der Waals surface area contributed by atoms with E-state index in [9.17, 15) is 4.79 Å². The minimum absolute atomic E-state index is 0.578. The fraction of sp³-hybridized carbons (Fsp3) is 0.172. The molecule has 1 aliphatic rings. The summed E-state index contributed by atoms with van der Waals surface area (Å²) in [5, 5.41) is 9.27. The summed E-state index contributed by atoms with van der Waals surface area (Å²) in [6.45, 7) is 3.82. The average molecular weight is 512 g/mol. The van der Waals surface area contributed by atoms with E-state index in [2.05, 4.69) is 45.8 Å². The van der Waals surface area contributed by atoms with E-state index in [0.717, 1.165) is 71.0 Å². The highest BCUT2D eigenvalue weighted by atomic mass is 35.5. The van der Waals surface area contributed by atoms with Crippen LogP contribution in [0.3, 0.4) is 0 Å². The minimum atomic E-state index is -0.578. The van der Waals surface area contributed by atoms with Gasteiger partial charge in [0.2, 0.25) is 0 Å². The summed E-state index contributed by atoms with van der Waals surface area (Å²) in [5.74, 6) is 6.78. The van der Waals surface area contributed by atoms with Crippen LogP contribution in [0.4, 0.5) is 5.69 Å². The Balaban J connectivity index is 1.51. The lowest BCUT2D eigenvalue weighted by molar-refractivity contribution is -0.124. The molecule has 1 amide bonds. The fourth-order valence-corrected chi connectivity index (χ4v) is 4.43. The number of aromatic amines is 1. The molecule has 0 radical (unpaired) electrons. The summed E-state index contributed by atoms with van der Waals surface area (Å²) >= 11 is 6.35. The number of nitrogens with one attached hydrogen (secondary N) is 2. The van der Waals surface area contributed by atoms with Crippen molar-refractivity contribution in [3.63, 3.8) is 0 Å². The molecule has 37 heavy (non-hydrogen) atoms. The smallest absolute Gasteiger partial charge is 0.267 e. The Labute approximate surface area is 220 Å². The van der Waals surface area contributed by atoms with Crippen LogP contribution in [-0.4, -0.2) is 59.2 Å². The number of nitrogens with zero attached hydrogens (tertiary/aromatic N) is 3. The molecule has 1 aromatic heterocycles. The second kappa shape index (κ2) is 10.9. The summed E-state index contributed by atoms with van der Waals surface area (Å²) < 4.78 is 0. The maximum atomic E-state index is 11.2. The molecule has 186 valence electrons. The van der Waals surface area contributed by atoms with E-state index in [0.29, 0.717) is 5.02 Å². The third kappa shape index (κ3) is 5.68. The predicted molar refractivity (Wildman–Crippen MR) is 148 cm³/mol. The van der Waals surface area contributed by atoms with Crippen molar-refractivity contribution in [1.29, 1.82) is 0 Å². The molecule has 0 aliphatic carbocycles. The maximum absolute atomic E-state index is 11.2. The Hall–Kier alpha value is -4.09. The number of piperazine rings is 1. The van der Waals surface area contributed by atoms with Crippen LogP contribution >= 0.6 is 11.6 Å². The summed E-state index contributed by atoms with van der Waals surface area (Å²) in [6.07, 6.45) is 2.89. The number of benzene rings is 3. The van der Waals surface area contributed by atoms with E-state index in [1.807, 2.05) is 48.5 Å². The van der Waals surface area contributed by atoms with Gasteiger partial charge in [-0.25, -0.2) is 10.5 Å². The molecule has 2 heterocycles. The molecule has 7 nitrogen and oxygen atoms in total. The van der Waals surface area contributed by atoms with Gasteiger partial charge < -0.3 is 14.8 Å². The molecule has 8 heteroatoms. The number of anilines is 1. The molecular weight excluding hydrogens is 486 g/mol. The van der Waals surface area contributed by atoms with E-state index in [4.69, 9.17) is 21.8 Å².